The maximum atomic E-state index is 11.7. The van der Waals surface area contributed by atoms with Crippen LogP contribution in [-0.4, -0.2) is 43.7 Å². The third-order valence-electron chi connectivity index (χ3n) is 4.28. The van der Waals surface area contributed by atoms with Crippen LogP contribution in [0.4, 0.5) is 0 Å². The molecular formula is C21H31IN4O3. The Labute approximate surface area is 189 Å². The molecule has 1 heterocycles. The van der Waals surface area contributed by atoms with Crippen LogP contribution in [0.3, 0.4) is 0 Å². The monoisotopic (exact) mass is 514 g/mol. The highest BCUT2D eigenvalue weighted by Crippen LogP contribution is 2.23. The van der Waals surface area contributed by atoms with Crippen molar-refractivity contribution in [3.63, 3.8) is 0 Å². The molecule has 1 atom stereocenters. The van der Waals surface area contributed by atoms with Gasteiger partial charge in [0.15, 0.2) is 5.96 Å². The number of carbonyl (C=O) groups excluding carboxylic acids is 1. The van der Waals surface area contributed by atoms with E-state index in [0.717, 1.165) is 17.7 Å². The van der Waals surface area contributed by atoms with E-state index in [2.05, 4.69) is 20.9 Å². The Kier molecular flexibility index (Phi) is 10.2. The lowest BCUT2D eigenvalue weighted by Gasteiger charge is -2.19. The minimum Gasteiger partial charge on any atom is -0.463 e. The first-order chi connectivity index (χ1) is 13.4. The number of benzene rings is 1. The highest BCUT2D eigenvalue weighted by atomic mass is 127. The van der Waals surface area contributed by atoms with E-state index in [1.54, 1.807) is 26.1 Å². The summed E-state index contributed by atoms with van der Waals surface area (Å²) in [6.07, 6.45) is 0.739. The zero-order chi connectivity index (χ0) is 20.6. The van der Waals surface area contributed by atoms with Crippen molar-refractivity contribution < 1.29 is 14.3 Å². The van der Waals surface area contributed by atoms with Gasteiger partial charge in [0.1, 0.15) is 17.1 Å². The number of guanidine groups is 1. The van der Waals surface area contributed by atoms with Gasteiger partial charge in [-0.3, -0.25) is 4.79 Å². The molecule has 1 aromatic carbocycles. The summed E-state index contributed by atoms with van der Waals surface area (Å²) in [4.78, 5) is 16.2. The number of nitrogens with one attached hydrogen (secondary N) is 3. The van der Waals surface area contributed by atoms with Crippen LogP contribution >= 0.6 is 24.0 Å². The van der Waals surface area contributed by atoms with E-state index >= 15 is 0 Å². The number of carbonyl (C=O) groups is 1. The fraction of sp³-hybridized carbons (Fsp3) is 0.429. The molecule has 0 spiro atoms. The van der Waals surface area contributed by atoms with Gasteiger partial charge in [0.05, 0.1) is 6.54 Å². The molecule has 8 heteroatoms. The largest absolute Gasteiger partial charge is 0.463 e. The zero-order valence-corrected chi connectivity index (χ0v) is 19.7. The van der Waals surface area contributed by atoms with Crippen molar-refractivity contribution in [1.29, 1.82) is 0 Å². The van der Waals surface area contributed by atoms with Crippen molar-refractivity contribution in [3.05, 3.63) is 59.0 Å². The first kappa shape index (κ1) is 25.0. The molecule has 29 heavy (non-hydrogen) atoms. The minimum absolute atomic E-state index is 0. The molecule has 0 radical (unpaired) electrons. The van der Waals surface area contributed by atoms with Gasteiger partial charge in [0.25, 0.3) is 5.91 Å². The number of aliphatic hydroxyl groups is 1. The Morgan fingerprint density at radius 1 is 1.24 bits per heavy atom. The molecule has 0 saturated carbocycles. The number of rotatable bonds is 8. The van der Waals surface area contributed by atoms with Gasteiger partial charge in [-0.2, -0.15) is 0 Å². The highest BCUT2D eigenvalue weighted by Gasteiger charge is 2.26. The van der Waals surface area contributed by atoms with E-state index < -0.39 is 5.60 Å². The molecule has 0 fully saturated rings. The van der Waals surface area contributed by atoms with Crippen LogP contribution in [0.5, 0.6) is 0 Å². The fourth-order valence-electron chi connectivity index (χ4n) is 2.71. The van der Waals surface area contributed by atoms with Crippen LogP contribution in [0.25, 0.3) is 0 Å². The molecule has 0 aliphatic heterocycles. The third-order valence-corrected chi connectivity index (χ3v) is 4.28. The molecule has 2 aromatic rings. The molecule has 1 amide bonds. The van der Waals surface area contributed by atoms with Gasteiger partial charge < -0.3 is 25.5 Å². The summed E-state index contributed by atoms with van der Waals surface area (Å²) in [5, 5.41) is 19.7. The molecule has 2 rings (SSSR count). The number of aliphatic imine (C=N–C) groups is 1. The molecule has 0 aliphatic rings. The molecular weight excluding hydrogens is 483 g/mol. The predicted octanol–water partition coefficient (Wildman–Crippen LogP) is 2.57. The lowest BCUT2D eigenvalue weighted by molar-refractivity contribution is 0.0428. The van der Waals surface area contributed by atoms with E-state index in [1.807, 2.05) is 38.1 Å². The number of halogens is 1. The maximum absolute atomic E-state index is 11.7. The quantitative estimate of drug-likeness (QED) is 0.247. The number of aryl methyl sites for hydroxylation is 1. The summed E-state index contributed by atoms with van der Waals surface area (Å²) < 4.78 is 5.53. The van der Waals surface area contributed by atoms with Crippen molar-refractivity contribution in [2.75, 3.05) is 26.7 Å². The number of amides is 1. The normalized spacial score (nSPS) is 13.2. The van der Waals surface area contributed by atoms with Crippen LogP contribution in [0.1, 0.15) is 41.3 Å². The first-order valence-corrected chi connectivity index (χ1v) is 9.48. The van der Waals surface area contributed by atoms with E-state index in [9.17, 15) is 9.90 Å². The summed E-state index contributed by atoms with van der Waals surface area (Å²) in [6, 6.07) is 11.1. The van der Waals surface area contributed by atoms with Gasteiger partial charge in [-0.1, -0.05) is 12.1 Å². The summed E-state index contributed by atoms with van der Waals surface area (Å²) in [7, 11) is 1.62. The molecule has 1 aromatic heterocycles. The van der Waals surface area contributed by atoms with E-state index in [4.69, 9.17) is 4.42 Å². The Morgan fingerprint density at radius 2 is 2.00 bits per heavy atom. The summed E-state index contributed by atoms with van der Waals surface area (Å²) >= 11 is 0. The smallest absolute Gasteiger partial charge is 0.251 e. The number of nitrogens with zero attached hydrogens (tertiary/aromatic N) is 1. The topological polar surface area (TPSA) is 98.9 Å². The first-order valence-electron chi connectivity index (χ1n) is 9.48. The second kappa shape index (κ2) is 11.8. The zero-order valence-electron chi connectivity index (χ0n) is 17.4. The standard InChI is InChI=1S/C21H30N4O3.HI/c1-5-23-20(25-14-21(3,27)18-10-9-15(2)28-18)24-12-11-16-7-6-8-17(13-16)19(26)22-4;/h6-10,13,27H,5,11-12,14H2,1-4H3,(H,22,26)(H2,23,24,25);1H. The SMILES string of the molecule is CCNC(=NCC(C)(O)c1ccc(C)o1)NCCc1cccc(C(=O)NC)c1.I. The van der Waals surface area contributed by atoms with E-state index in [1.165, 1.54) is 0 Å². The Bertz CT molecular complexity index is 818. The average molecular weight is 514 g/mol. The van der Waals surface area contributed by atoms with Gasteiger partial charge in [0.2, 0.25) is 0 Å². The molecule has 0 aliphatic carbocycles. The number of furan rings is 1. The Hall–Kier alpha value is -2.07. The van der Waals surface area contributed by atoms with Crippen molar-refractivity contribution in [1.82, 2.24) is 16.0 Å². The van der Waals surface area contributed by atoms with Crippen LogP contribution in [0.15, 0.2) is 45.8 Å². The average Bonchev–Trinajstić information content (AvgIpc) is 3.13. The van der Waals surface area contributed by atoms with Crippen molar-refractivity contribution in [3.8, 4) is 0 Å². The van der Waals surface area contributed by atoms with Gasteiger partial charge in [-0.25, -0.2) is 4.99 Å². The predicted molar refractivity (Wildman–Crippen MR) is 126 cm³/mol. The van der Waals surface area contributed by atoms with Crippen LogP contribution in [0, 0.1) is 6.92 Å². The Balaban J connectivity index is 0.00000420. The molecule has 4 N–H and O–H groups in total. The second-order valence-electron chi connectivity index (χ2n) is 6.84. The van der Waals surface area contributed by atoms with Crippen LogP contribution in [-0.2, 0) is 12.0 Å². The summed E-state index contributed by atoms with van der Waals surface area (Å²) in [5.41, 5.74) is 0.520. The minimum atomic E-state index is -1.18. The maximum Gasteiger partial charge on any atom is 0.251 e. The summed E-state index contributed by atoms with van der Waals surface area (Å²) in [5.74, 6) is 1.77. The van der Waals surface area contributed by atoms with Gasteiger partial charge in [-0.05, 0) is 57.0 Å². The third kappa shape index (κ3) is 7.69. The highest BCUT2D eigenvalue weighted by molar-refractivity contribution is 14.0. The van der Waals surface area contributed by atoms with Crippen LogP contribution in [0.2, 0.25) is 0 Å². The molecule has 0 bridgehead atoms. The van der Waals surface area contributed by atoms with Crippen LogP contribution < -0.4 is 16.0 Å². The molecule has 0 saturated heterocycles. The van der Waals surface area contributed by atoms with Crippen molar-refractivity contribution >= 4 is 35.8 Å². The van der Waals surface area contributed by atoms with E-state index in [0.29, 0.717) is 30.4 Å². The second-order valence-corrected chi connectivity index (χ2v) is 6.84. The number of hydrogen-bond donors (Lipinski definition) is 4. The van der Waals surface area contributed by atoms with Gasteiger partial charge >= 0.3 is 0 Å². The van der Waals surface area contributed by atoms with Gasteiger partial charge in [0, 0.05) is 25.7 Å². The fourth-order valence-corrected chi connectivity index (χ4v) is 2.71. The van der Waals surface area contributed by atoms with Crippen molar-refractivity contribution in [2.24, 2.45) is 4.99 Å². The van der Waals surface area contributed by atoms with E-state index in [-0.39, 0.29) is 36.4 Å². The molecule has 160 valence electrons. The van der Waals surface area contributed by atoms with Gasteiger partial charge in [-0.15, -0.1) is 24.0 Å². The summed E-state index contributed by atoms with van der Waals surface area (Å²) in [6.45, 7) is 7.03. The van der Waals surface area contributed by atoms with Crippen molar-refractivity contribution in [2.45, 2.75) is 32.8 Å². The lowest BCUT2D eigenvalue weighted by atomic mass is 10.0. The Morgan fingerprint density at radius 3 is 2.62 bits per heavy atom. The molecule has 1 unspecified atom stereocenters. The number of hydrogen-bond acceptors (Lipinski definition) is 4. The molecule has 7 nitrogen and oxygen atoms in total. The lowest BCUT2D eigenvalue weighted by Crippen LogP contribution is -2.39.